The van der Waals surface area contributed by atoms with Crippen molar-refractivity contribution in [2.24, 2.45) is 0 Å². The molecule has 1 N–H and O–H groups in total. The van der Waals surface area contributed by atoms with Crippen LogP contribution in [0.25, 0.3) is 4.48 Å². The summed E-state index contributed by atoms with van der Waals surface area (Å²) < 4.78 is 22.5. The molecule has 0 aromatic heterocycles. The van der Waals surface area contributed by atoms with Gasteiger partial charge in [0.2, 0.25) is 0 Å². The largest absolute Gasteiger partial charge is 0.419 e. The quantitative estimate of drug-likeness (QED) is 0.469. The van der Waals surface area contributed by atoms with Gasteiger partial charge in [0, 0.05) is 41.2 Å². The fourth-order valence-corrected chi connectivity index (χ4v) is 4.13. The van der Waals surface area contributed by atoms with E-state index < -0.39 is 28.5 Å². The minimum atomic E-state index is -1.27. The van der Waals surface area contributed by atoms with Gasteiger partial charge in [0.25, 0.3) is 5.79 Å². The Labute approximate surface area is 143 Å². The number of carbonyl (C=O) groups is 2. The van der Waals surface area contributed by atoms with Crippen LogP contribution in [0.2, 0.25) is 0 Å². The predicted molar refractivity (Wildman–Crippen MR) is 87.7 cm³/mol. The number of cyclic esters (lactones) is 2. The van der Waals surface area contributed by atoms with Crippen LogP contribution >= 0.6 is 15.9 Å². The number of hydrogen-bond acceptors (Lipinski definition) is 6. The van der Waals surface area contributed by atoms with Gasteiger partial charge in [-0.3, -0.25) is 0 Å². The summed E-state index contributed by atoms with van der Waals surface area (Å²) >= 11 is 3.35. The first kappa shape index (κ1) is 15.9. The van der Waals surface area contributed by atoms with Crippen LogP contribution in [0.3, 0.4) is 0 Å². The standard InChI is InChI=1S/C15H12BrNO5S/c1-15(2)21-13(18)10(14(19)22-15)6-17-8-3-4-12-9(5-8)11(16)7-23(12)20/h3-7,17H,1-2H3. The third-order valence-electron chi connectivity index (χ3n) is 3.16. The van der Waals surface area contributed by atoms with Gasteiger partial charge in [-0.1, -0.05) is 0 Å². The maximum absolute atomic E-state index is 11.8. The van der Waals surface area contributed by atoms with E-state index in [1.807, 2.05) is 0 Å². The Morgan fingerprint density at radius 1 is 1.22 bits per heavy atom. The molecule has 2 heterocycles. The van der Waals surface area contributed by atoms with E-state index in [0.29, 0.717) is 10.6 Å². The van der Waals surface area contributed by atoms with E-state index in [1.165, 1.54) is 20.0 Å². The summed E-state index contributed by atoms with van der Waals surface area (Å²) in [6, 6.07) is 5.19. The van der Waals surface area contributed by atoms with Crippen molar-refractivity contribution >= 4 is 48.8 Å². The second-order valence-corrected chi connectivity index (χ2v) is 7.48. The molecule has 1 saturated heterocycles. The van der Waals surface area contributed by atoms with E-state index in [4.69, 9.17) is 9.47 Å². The number of rotatable bonds is 2. The summed E-state index contributed by atoms with van der Waals surface area (Å²) in [5.41, 5.74) is 1.20. The fraction of sp³-hybridized carbons (Fsp3) is 0.200. The third kappa shape index (κ3) is 3.09. The van der Waals surface area contributed by atoms with Crippen LogP contribution in [0, 0.1) is 0 Å². The Kier molecular flexibility index (Phi) is 3.89. The van der Waals surface area contributed by atoms with Crippen LogP contribution in [0.1, 0.15) is 19.4 Å². The highest BCUT2D eigenvalue weighted by Crippen LogP contribution is 2.36. The van der Waals surface area contributed by atoms with Gasteiger partial charge in [0.15, 0.2) is 5.57 Å². The van der Waals surface area contributed by atoms with Gasteiger partial charge in [-0.25, -0.2) is 13.8 Å². The number of benzene rings is 1. The lowest BCUT2D eigenvalue weighted by atomic mass is 10.2. The van der Waals surface area contributed by atoms with Crippen molar-refractivity contribution in [3.63, 3.8) is 0 Å². The van der Waals surface area contributed by atoms with Crippen molar-refractivity contribution in [1.82, 2.24) is 0 Å². The van der Waals surface area contributed by atoms with Crippen molar-refractivity contribution in [2.75, 3.05) is 5.32 Å². The summed E-state index contributed by atoms with van der Waals surface area (Å²) in [4.78, 5) is 24.4. The highest BCUT2D eigenvalue weighted by atomic mass is 79.9. The van der Waals surface area contributed by atoms with Gasteiger partial charge in [-0.2, -0.15) is 0 Å². The van der Waals surface area contributed by atoms with E-state index in [0.717, 1.165) is 10.0 Å². The van der Waals surface area contributed by atoms with Gasteiger partial charge in [-0.15, -0.1) is 0 Å². The SMILES string of the molecule is CC1(C)OC(=O)C(=CNc2ccc3c(c2)C(Br)=CS3=O)C(=O)O1. The second kappa shape index (κ2) is 5.61. The molecule has 1 unspecified atom stereocenters. The monoisotopic (exact) mass is 397 g/mol. The molecule has 0 spiro atoms. The molecule has 0 radical (unpaired) electrons. The Morgan fingerprint density at radius 2 is 1.87 bits per heavy atom. The summed E-state index contributed by atoms with van der Waals surface area (Å²) in [7, 11) is -1.16. The number of carbonyl (C=O) groups excluding carboxylic acids is 2. The van der Waals surface area contributed by atoms with Crippen LogP contribution < -0.4 is 5.32 Å². The van der Waals surface area contributed by atoms with Crippen LogP contribution in [-0.2, 0) is 29.9 Å². The van der Waals surface area contributed by atoms with Crippen molar-refractivity contribution < 1.29 is 23.3 Å². The highest BCUT2D eigenvalue weighted by Gasteiger charge is 2.38. The first-order valence-electron chi connectivity index (χ1n) is 6.62. The zero-order chi connectivity index (χ0) is 16.8. The number of halogens is 1. The minimum Gasteiger partial charge on any atom is -0.419 e. The predicted octanol–water partition coefficient (Wildman–Crippen LogP) is 2.63. The normalized spacial score (nSPS) is 22.0. The van der Waals surface area contributed by atoms with E-state index in [1.54, 1.807) is 23.6 Å². The average Bonchev–Trinajstić information content (AvgIpc) is 2.71. The molecule has 2 aliphatic rings. The van der Waals surface area contributed by atoms with E-state index >= 15 is 0 Å². The first-order valence-corrected chi connectivity index (χ1v) is 8.63. The molecule has 0 aliphatic carbocycles. The average molecular weight is 398 g/mol. The molecule has 0 bridgehead atoms. The number of fused-ring (bicyclic) bond motifs is 1. The maximum Gasteiger partial charge on any atom is 0.350 e. The second-order valence-electron chi connectivity index (χ2n) is 5.36. The van der Waals surface area contributed by atoms with Crippen LogP contribution in [0.4, 0.5) is 5.69 Å². The number of hydrogen-bond donors (Lipinski definition) is 1. The zero-order valence-electron chi connectivity index (χ0n) is 12.2. The van der Waals surface area contributed by atoms with Gasteiger partial charge in [0.1, 0.15) is 0 Å². The fourth-order valence-electron chi connectivity index (χ4n) is 2.14. The number of ether oxygens (including phenoxy) is 2. The molecule has 6 nitrogen and oxygen atoms in total. The molecular weight excluding hydrogens is 386 g/mol. The molecule has 1 aromatic rings. The summed E-state index contributed by atoms with van der Waals surface area (Å²) in [5.74, 6) is -2.76. The lowest BCUT2D eigenvalue weighted by molar-refractivity contribution is -0.222. The Balaban J connectivity index is 1.83. The van der Waals surface area contributed by atoms with E-state index in [9.17, 15) is 13.8 Å². The third-order valence-corrected chi connectivity index (χ3v) is 5.36. The van der Waals surface area contributed by atoms with Gasteiger partial charge in [-0.05, 0) is 34.1 Å². The summed E-state index contributed by atoms with van der Waals surface area (Å²) in [5, 5.41) is 4.46. The molecule has 1 fully saturated rings. The van der Waals surface area contributed by atoms with Crippen LogP contribution in [-0.4, -0.2) is 21.9 Å². The lowest BCUT2D eigenvalue weighted by Crippen LogP contribution is -2.42. The Bertz CT molecular complexity index is 790. The van der Waals surface area contributed by atoms with Crippen LogP contribution in [0.5, 0.6) is 0 Å². The highest BCUT2D eigenvalue weighted by molar-refractivity contribution is 9.15. The molecule has 1 atom stereocenters. The van der Waals surface area contributed by atoms with Crippen molar-refractivity contribution in [3.05, 3.63) is 40.9 Å². The first-order chi connectivity index (χ1) is 10.8. The maximum atomic E-state index is 11.8. The topological polar surface area (TPSA) is 81.7 Å². The number of nitrogens with one attached hydrogen (secondary N) is 1. The Hall–Kier alpha value is -1.93. The molecule has 0 saturated carbocycles. The van der Waals surface area contributed by atoms with E-state index in [-0.39, 0.29) is 5.57 Å². The zero-order valence-corrected chi connectivity index (χ0v) is 14.6. The van der Waals surface area contributed by atoms with Crippen molar-refractivity contribution in [3.8, 4) is 0 Å². The van der Waals surface area contributed by atoms with E-state index in [2.05, 4.69) is 21.2 Å². The Morgan fingerprint density at radius 3 is 2.52 bits per heavy atom. The molecular formula is C15H12BrNO5S. The van der Waals surface area contributed by atoms with Crippen molar-refractivity contribution in [2.45, 2.75) is 24.5 Å². The molecule has 2 aliphatic heterocycles. The lowest BCUT2D eigenvalue weighted by Gasteiger charge is -2.29. The molecule has 120 valence electrons. The molecule has 3 rings (SSSR count). The van der Waals surface area contributed by atoms with Gasteiger partial charge in [0.05, 0.1) is 15.7 Å². The number of anilines is 1. The summed E-state index contributed by atoms with van der Waals surface area (Å²) in [6.07, 6.45) is 1.24. The molecule has 8 heteroatoms. The molecule has 1 aromatic carbocycles. The van der Waals surface area contributed by atoms with Crippen LogP contribution in [0.15, 0.2) is 40.3 Å². The molecule has 0 amide bonds. The van der Waals surface area contributed by atoms with Gasteiger partial charge < -0.3 is 14.8 Å². The molecule has 23 heavy (non-hydrogen) atoms. The van der Waals surface area contributed by atoms with Gasteiger partial charge >= 0.3 is 11.9 Å². The van der Waals surface area contributed by atoms with Crippen molar-refractivity contribution in [1.29, 1.82) is 0 Å². The summed E-state index contributed by atoms with van der Waals surface area (Å²) in [6.45, 7) is 2.97. The smallest absolute Gasteiger partial charge is 0.350 e. The number of esters is 2. The minimum absolute atomic E-state index is 0.219.